The Morgan fingerprint density at radius 1 is 1.21 bits per heavy atom. The van der Waals surface area contributed by atoms with E-state index in [1.807, 2.05) is 12.1 Å². The molecule has 1 saturated carbocycles. The minimum atomic E-state index is 0.616. The molecule has 1 aromatic carbocycles. The summed E-state index contributed by atoms with van der Waals surface area (Å²) in [6.45, 7) is 8.04. The first kappa shape index (κ1) is 20.9. The molecule has 0 aromatic heterocycles. The third-order valence-electron chi connectivity index (χ3n) is 5.44. The molecule has 2 N–H and O–H groups in total. The molecule has 1 heterocycles. The molecule has 0 amide bonds. The Labute approximate surface area is 169 Å². The van der Waals surface area contributed by atoms with Crippen LogP contribution in [0.3, 0.4) is 0 Å². The SMILES string of the molecule is CCNC(=NCc1cccc(OCCN(C)C2CCOCC2)c1)NCC1CC1. The maximum atomic E-state index is 6.00. The summed E-state index contributed by atoms with van der Waals surface area (Å²) in [5, 5.41) is 6.76. The third-order valence-corrected chi connectivity index (χ3v) is 5.44. The molecule has 156 valence electrons. The van der Waals surface area contributed by atoms with Gasteiger partial charge in [-0.15, -0.1) is 0 Å². The van der Waals surface area contributed by atoms with Crippen LogP contribution in [0.1, 0.15) is 38.2 Å². The highest BCUT2D eigenvalue weighted by molar-refractivity contribution is 5.79. The van der Waals surface area contributed by atoms with Crippen LogP contribution in [-0.4, -0.2) is 63.4 Å². The first-order chi connectivity index (χ1) is 13.7. The Morgan fingerprint density at radius 3 is 2.79 bits per heavy atom. The van der Waals surface area contributed by atoms with Crippen molar-refractivity contribution in [2.24, 2.45) is 10.9 Å². The second kappa shape index (κ2) is 11.3. The smallest absolute Gasteiger partial charge is 0.191 e. The average Bonchev–Trinajstić information content (AvgIpc) is 3.55. The van der Waals surface area contributed by atoms with Gasteiger partial charge in [0.25, 0.3) is 0 Å². The minimum absolute atomic E-state index is 0.616. The van der Waals surface area contributed by atoms with Gasteiger partial charge in [0.1, 0.15) is 12.4 Å². The van der Waals surface area contributed by atoms with Crippen molar-refractivity contribution in [1.82, 2.24) is 15.5 Å². The molecule has 6 nitrogen and oxygen atoms in total. The lowest BCUT2D eigenvalue weighted by molar-refractivity contribution is 0.0392. The number of nitrogens with zero attached hydrogens (tertiary/aromatic N) is 2. The van der Waals surface area contributed by atoms with Crippen molar-refractivity contribution < 1.29 is 9.47 Å². The average molecular weight is 389 g/mol. The third kappa shape index (κ3) is 7.32. The Hall–Kier alpha value is -1.79. The van der Waals surface area contributed by atoms with Crippen LogP contribution in [0, 0.1) is 5.92 Å². The quantitative estimate of drug-likeness (QED) is 0.477. The van der Waals surface area contributed by atoms with Gasteiger partial charge in [-0.2, -0.15) is 0 Å². The fraction of sp³-hybridized carbons (Fsp3) is 0.682. The summed E-state index contributed by atoms with van der Waals surface area (Å²) in [6.07, 6.45) is 4.92. The van der Waals surface area contributed by atoms with Crippen LogP contribution in [-0.2, 0) is 11.3 Å². The molecule has 0 atom stereocenters. The minimum Gasteiger partial charge on any atom is -0.492 e. The predicted molar refractivity (Wildman–Crippen MR) is 114 cm³/mol. The summed E-state index contributed by atoms with van der Waals surface area (Å²) in [5.74, 6) is 2.66. The van der Waals surface area contributed by atoms with E-state index in [9.17, 15) is 0 Å². The summed E-state index contributed by atoms with van der Waals surface area (Å²) in [6, 6.07) is 8.90. The van der Waals surface area contributed by atoms with Crippen molar-refractivity contribution in [2.75, 3.05) is 46.5 Å². The highest BCUT2D eigenvalue weighted by Crippen LogP contribution is 2.27. The van der Waals surface area contributed by atoms with Gasteiger partial charge in [0.05, 0.1) is 6.54 Å². The van der Waals surface area contributed by atoms with Gasteiger partial charge in [0, 0.05) is 38.9 Å². The highest BCUT2D eigenvalue weighted by Gasteiger charge is 2.21. The lowest BCUT2D eigenvalue weighted by Crippen LogP contribution is -2.38. The van der Waals surface area contributed by atoms with E-state index in [1.165, 1.54) is 18.4 Å². The molecule has 3 rings (SSSR count). The topological polar surface area (TPSA) is 58.1 Å². The molecule has 1 saturated heterocycles. The zero-order chi connectivity index (χ0) is 19.6. The van der Waals surface area contributed by atoms with Gasteiger partial charge in [-0.3, -0.25) is 4.90 Å². The maximum Gasteiger partial charge on any atom is 0.191 e. The molecule has 2 fully saturated rings. The molecule has 1 aromatic rings. The van der Waals surface area contributed by atoms with Gasteiger partial charge in [-0.1, -0.05) is 12.1 Å². The van der Waals surface area contributed by atoms with E-state index in [-0.39, 0.29) is 0 Å². The van der Waals surface area contributed by atoms with Crippen molar-refractivity contribution in [1.29, 1.82) is 0 Å². The Bertz CT molecular complexity index is 612. The number of likely N-dealkylation sites (N-methyl/N-ethyl adjacent to an activating group) is 1. The summed E-state index contributed by atoms with van der Waals surface area (Å²) in [7, 11) is 2.18. The number of aliphatic imine (C=N–C) groups is 1. The van der Waals surface area contributed by atoms with Gasteiger partial charge < -0.3 is 20.1 Å². The van der Waals surface area contributed by atoms with E-state index in [0.717, 1.165) is 63.3 Å². The first-order valence-electron chi connectivity index (χ1n) is 10.8. The van der Waals surface area contributed by atoms with Crippen molar-refractivity contribution in [3.05, 3.63) is 29.8 Å². The lowest BCUT2D eigenvalue weighted by atomic mass is 10.1. The molecule has 6 heteroatoms. The molecule has 0 bridgehead atoms. The molecular formula is C22H36N4O2. The van der Waals surface area contributed by atoms with Crippen molar-refractivity contribution in [3.63, 3.8) is 0 Å². The molecule has 0 unspecified atom stereocenters. The lowest BCUT2D eigenvalue weighted by Gasteiger charge is -2.31. The van der Waals surface area contributed by atoms with Crippen LogP contribution in [0.2, 0.25) is 0 Å². The zero-order valence-electron chi connectivity index (χ0n) is 17.5. The highest BCUT2D eigenvalue weighted by atomic mass is 16.5. The van der Waals surface area contributed by atoms with Crippen molar-refractivity contribution in [2.45, 2.75) is 45.2 Å². The second-order valence-electron chi connectivity index (χ2n) is 7.84. The molecular weight excluding hydrogens is 352 g/mol. The van der Waals surface area contributed by atoms with Gasteiger partial charge >= 0.3 is 0 Å². The van der Waals surface area contributed by atoms with E-state index in [4.69, 9.17) is 14.5 Å². The van der Waals surface area contributed by atoms with Crippen LogP contribution in [0.4, 0.5) is 0 Å². The molecule has 0 spiro atoms. The van der Waals surface area contributed by atoms with E-state index >= 15 is 0 Å². The molecule has 28 heavy (non-hydrogen) atoms. The van der Waals surface area contributed by atoms with Gasteiger partial charge in [-0.05, 0) is 63.3 Å². The number of benzene rings is 1. The van der Waals surface area contributed by atoms with Crippen molar-refractivity contribution >= 4 is 5.96 Å². The zero-order valence-corrected chi connectivity index (χ0v) is 17.5. The van der Waals surface area contributed by atoms with Gasteiger partial charge in [-0.25, -0.2) is 4.99 Å². The predicted octanol–water partition coefficient (Wildman–Crippen LogP) is 2.64. The normalized spacial score (nSPS) is 18.3. The van der Waals surface area contributed by atoms with Gasteiger partial charge in [0.2, 0.25) is 0 Å². The standard InChI is InChI=1S/C22H36N4O2/c1-3-23-22(24-16-18-7-8-18)25-17-19-5-4-6-21(15-19)28-14-11-26(2)20-9-12-27-13-10-20/h4-6,15,18,20H,3,7-14,16-17H2,1-2H3,(H2,23,24,25). The number of guanidine groups is 1. The molecule has 0 radical (unpaired) electrons. The largest absolute Gasteiger partial charge is 0.492 e. The Kier molecular flexibility index (Phi) is 8.42. The van der Waals surface area contributed by atoms with Crippen LogP contribution >= 0.6 is 0 Å². The number of hydrogen-bond donors (Lipinski definition) is 2. The number of nitrogens with one attached hydrogen (secondary N) is 2. The van der Waals surface area contributed by atoms with Crippen molar-refractivity contribution in [3.8, 4) is 5.75 Å². The van der Waals surface area contributed by atoms with E-state index in [1.54, 1.807) is 0 Å². The van der Waals surface area contributed by atoms with Crippen LogP contribution in [0.15, 0.2) is 29.3 Å². The second-order valence-corrected chi connectivity index (χ2v) is 7.84. The summed E-state index contributed by atoms with van der Waals surface area (Å²) in [4.78, 5) is 7.11. The first-order valence-corrected chi connectivity index (χ1v) is 10.8. The van der Waals surface area contributed by atoms with E-state index in [0.29, 0.717) is 19.2 Å². The monoisotopic (exact) mass is 388 g/mol. The van der Waals surface area contributed by atoms with Crippen LogP contribution < -0.4 is 15.4 Å². The van der Waals surface area contributed by atoms with E-state index < -0.39 is 0 Å². The Morgan fingerprint density at radius 2 is 2.04 bits per heavy atom. The summed E-state index contributed by atoms with van der Waals surface area (Å²) < 4.78 is 11.4. The number of hydrogen-bond acceptors (Lipinski definition) is 4. The molecule has 2 aliphatic rings. The fourth-order valence-corrected chi connectivity index (χ4v) is 3.42. The number of rotatable bonds is 10. The molecule has 1 aliphatic heterocycles. The number of ether oxygens (including phenoxy) is 2. The molecule has 1 aliphatic carbocycles. The summed E-state index contributed by atoms with van der Waals surface area (Å²) >= 11 is 0. The fourth-order valence-electron chi connectivity index (χ4n) is 3.42. The van der Waals surface area contributed by atoms with Gasteiger partial charge in [0.15, 0.2) is 5.96 Å². The maximum absolute atomic E-state index is 6.00. The Balaban J connectivity index is 1.43. The summed E-state index contributed by atoms with van der Waals surface area (Å²) in [5.41, 5.74) is 1.17. The van der Waals surface area contributed by atoms with Crippen LogP contribution in [0.25, 0.3) is 0 Å². The van der Waals surface area contributed by atoms with Crippen LogP contribution in [0.5, 0.6) is 5.75 Å². The van der Waals surface area contributed by atoms with E-state index in [2.05, 4.69) is 41.6 Å².